The Bertz CT molecular complexity index is 490. The number of ether oxygens (including phenoxy) is 2. The lowest BCUT2D eigenvalue weighted by molar-refractivity contribution is 0.0732. The van der Waals surface area contributed by atoms with Crippen LogP contribution in [0.3, 0.4) is 0 Å². The number of likely N-dealkylation sites (tertiary alicyclic amines) is 1. The molecule has 0 unspecified atom stereocenters. The molecule has 1 saturated heterocycles. The molecule has 5 heteroatoms. The number of benzene rings is 1. The summed E-state index contributed by atoms with van der Waals surface area (Å²) < 4.78 is 10.9. The number of carbonyl (C=O) groups excluding carboxylic acids is 2. The minimum Gasteiger partial charge on any atom is -0.490 e. The summed E-state index contributed by atoms with van der Waals surface area (Å²) in [5, 5.41) is 0. The van der Waals surface area contributed by atoms with Gasteiger partial charge in [0.1, 0.15) is 24.7 Å². The lowest BCUT2D eigenvalue weighted by Gasteiger charge is -2.31. The van der Waals surface area contributed by atoms with Gasteiger partial charge in [0.25, 0.3) is 0 Å². The Balaban J connectivity index is 1.79. The molecule has 1 fully saturated rings. The van der Waals surface area contributed by atoms with Crippen LogP contribution in [0.15, 0.2) is 36.9 Å². The molecule has 1 heterocycles. The fraction of sp³-hybridized carbons (Fsp3) is 0.375. The Morgan fingerprint density at radius 3 is 2.52 bits per heavy atom. The van der Waals surface area contributed by atoms with Crippen LogP contribution in [0.2, 0.25) is 0 Å². The van der Waals surface area contributed by atoms with Gasteiger partial charge in [-0.3, -0.25) is 4.79 Å². The standard InChI is InChI=1S/C16H19NO4/c1-2-11-20-16(19)17-9-7-15(8-10-17)21-14-5-3-13(12-18)4-6-14/h2-6,12,15H,1,7-11H2. The fourth-order valence-electron chi connectivity index (χ4n) is 2.20. The Morgan fingerprint density at radius 2 is 1.95 bits per heavy atom. The predicted molar refractivity (Wildman–Crippen MR) is 78.6 cm³/mol. The van der Waals surface area contributed by atoms with Crippen molar-refractivity contribution in [3.8, 4) is 5.75 Å². The van der Waals surface area contributed by atoms with Crippen molar-refractivity contribution in [2.24, 2.45) is 0 Å². The molecule has 5 nitrogen and oxygen atoms in total. The highest BCUT2D eigenvalue weighted by Gasteiger charge is 2.24. The smallest absolute Gasteiger partial charge is 0.410 e. The van der Waals surface area contributed by atoms with Gasteiger partial charge in [-0.05, 0) is 24.3 Å². The summed E-state index contributed by atoms with van der Waals surface area (Å²) in [7, 11) is 0. The van der Waals surface area contributed by atoms with E-state index in [1.807, 2.05) is 0 Å². The minimum absolute atomic E-state index is 0.0792. The largest absolute Gasteiger partial charge is 0.490 e. The van der Waals surface area contributed by atoms with Crippen molar-refractivity contribution >= 4 is 12.4 Å². The third-order valence-corrected chi connectivity index (χ3v) is 3.34. The van der Waals surface area contributed by atoms with Gasteiger partial charge in [0, 0.05) is 31.5 Å². The summed E-state index contributed by atoms with van der Waals surface area (Å²) in [6.07, 6.45) is 3.66. The lowest BCUT2D eigenvalue weighted by Crippen LogP contribution is -2.42. The topological polar surface area (TPSA) is 55.8 Å². The highest BCUT2D eigenvalue weighted by molar-refractivity contribution is 5.74. The first-order valence-electron chi connectivity index (χ1n) is 6.97. The molecule has 0 bridgehead atoms. The van der Waals surface area contributed by atoms with Crippen molar-refractivity contribution in [1.82, 2.24) is 4.90 Å². The Kier molecular flexibility index (Phi) is 5.37. The molecular weight excluding hydrogens is 270 g/mol. The minimum atomic E-state index is -0.302. The molecule has 2 rings (SSSR count). The molecule has 1 aromatic rings. The number of rotatable bonds is 5. The van der Waals surface area contributed by atoms with E-state index < -0.39 is 0 Å². The Labute approximate surface area is 124 Å². The summed E-state index contributed by atoms with van der Waals surface area (Å²) in [6, 6.07) is 7.02. The second-order valence-corrected chi connectivity index (χ2v) is 4.86. The van der Waals surface area contributed by atoms with Gasteiger partial charge in [0.2, 0.25) is 0 Å². The van der Waals surface area contributed by atoms with E-state index >= 15 is 0 Å². The summed E-state index contributed by atoms with van der Waals surface area (Å²) >= 11 is 0. The van der Waals surface area contributed by atoms with Crippen molar-refractivity contribution < 1.29 is 19.1 Å². The second-order valence-electron chi connectivity index (χ2n) is 4.86. The first-order chi connectivity index (χ1) is 10.2. The average Bonchev–Trinajstić information content (AvgIpc) is 2.54. The van der Waals surface area contributed by atoms with Gasteiger partial charge in [0.05, 0.1) is 0 Å². The highest BCUT2D eigenvalue weighted by Crippen LogP contribution is 2.19. The van der Waals surface area contributed by atoms with Crippen LogP contribution in [0.5, 0.6) is 5.75 Å². The van der Waals surface area contributed by atoms with E-state index in [2.05, 4.69) is 6.58 Å². The van der Waals surface area contributed by atoms with Crippen LogP contribution >= 0.6 is 0 Å². The maximum Gasteiger partial charge on any atom is 0.410 e. The molecule has 1 aliphatic rings. The zero-order chi connectivity index (χ0) is 15.1. The number of hydrogen-bond acceptors (Lipinski definition) is 4. The van der Waals surface area contributed by atoms with Crippen LogP contribution in [0.25, 0.3) is 0 Å². The van der Waals surface area contributed by atoms with Gasteiger partial charge >= 0.3 is 6.09 Å². The Morgan fingerprint density at radius 1 is 1.29 bits per heavy atom. The third kappa shape index (κ3) is 4.34. The van der Waals surface area contributed by atoms with E-state index in [0.29, 0.717) is 18.7 Å². The van der Waals surface area contributed by atoms with E-state index in [4.69, 9.17) is 9.47 Å². The van der Waals surface area contributed by atoms with Gasteiger partial charge in [-0.25, -0.2) is 4.79 Å². The molecule has 0 saturated carbocycles. The van der Waals surface area contributed by atoms with Crippen molar-refractivity contribution in [3.63, 3.8) is 0 Å². The number of carbonyl (C=O) groups is 2. The molecule has 0 aromatic heterocycles. The molecule has 1 amide bonds. The van der Waals surface area contributed by atoms with E-state index in [0.717, 1.165) is 24.9 Å². The van der Waals surface area contributed by atoms with E-state index in [1.54, 1.807) is 35.2 Å². The monoisotopic (exact) mass is 289 g/mol. The molecular formula is C16H19NO4. The van der Waals surface area contributed by atoms with Gasteiger partial charge in [-0.15, -0.1) is 0 Å². The summed E-state index contributed by atoms with van der Waals surface area (Å²) in [5.41, 5.74) is 0.627. The molecule has 1 aliphatic heterocycles. The van der Waals surface area contributed by atoms with E-state index in [9.17, 15) is 9.59 Å². The molecule has 0 aliphatic carbocycles. The highest BCUT2D eigenvalue weighted by atomic mass is 16.6. The van der Waals surface area contributed by atoms with Crippen molar-refractivity contribution in [2.45, 2.75) is 18.9 Å². The van der Waals surface area contributed by atoms with Crippen LogP contribution in [0, 0.1) is 0 Å². The molecule has 112 valence electrons. The maximum absolute atomic E-state index is 11.7. The van der Waals surface area contributed by atoms with Gasteiger partial charge < -0.3 is 14.4 Å². The summed E-state index contributed by atoms with van der Waals surface area (Å²) in [4.78, 5) is 23.9. The van der Waals surface area contributed by atoms with Crippen LogP contribution in [0.1, 0.15) is 23.2 Å². The number of aldehydes is 1. The average molecular weight is 289 g/mol. The van der Waals surface area contributed by atoms with Crippen LogP contribution in [0.4, 0.5) is 4.79 Å². The number of hydrogen-bond donors (Lipinski definition) is 0. The maximum atomic E-state index is 11.7. The summed E-state index contributed by atoms with van der Waals surface area (Å²) in [5.74, 6) is 0.744. The Hall–Kier alpha value is -2.30. The molecule has 0 N–H and O–H groups in total. The summed E-state index contributed by atoms with van der Waals surface area (Å²) in [6.45, 7) is 4.98. The zero-order valence-corrected chi connectivity index (χ0v) is 11.9. The fourth-order valence-corrected chi connectivity index (χ4v) is 2.20. The van der Waals surface area contributed by atoms with Gasteiger partial charge in [0.15, 0.2) is 0 Å². The number of amides is 1. The molecule has 21 heavy (non-hydrogen) atoms. The quantitative estimate of drug-likeness (QED) is 0.617. The van der Waals surface area contributed by atoms with E-state index in [-0.39, 0.29) is 18.8 Å². The third-order valence-electron chi connectivity index (χ3n) is 3.34. The lowest BCUT2D eigenvalue weighted by atomic mass is 10.1. The second kappa shape index (κ2) is 7.47. The van der Waals surface area contributed by atoms with E-state index in [1.165, 1.54) is 0 Å². The molecule has 0 atom stereocenters. The first kappa shape index (κ1) is 15.1. The van der Waals surface area contributed by atoms with Gasteiger partial charge in [-0.1, -0.05) is 12.7 Å². The van der Waals surface area contributed by atoms with Gasteiger partial charge in [-0.2, -0.15) is 0 Å². The van der Waals surface area contributed by atoms with Crippen LogP contribution in [-0.2, 0) is 4.74 Å². The zero-order valence-electron chi connectivity index (χ0n) is 11.9. The first-order valence-corrected chi connectivity index (χ1v) is 6.97. The molecule has 0 radical (unpaired) electrons. The van der Waals surface area contributed by atoms with Crippen LogP contribution < -0.4 is 4.74 Å². The molecule has 1 aromatic carbocycles. The molecule has 0 spiro atoms. The normalized spacial score (nSPS) is 15.3. The SMILES string of the molecule is C=CCOC(=O)N1CCC(Oc2ccc(C=O)cc2)CC1. The number of nitrogens with zero attached hydrogens (tertiary/aromatic N) is 1. The van der Waals surface area contributed by atoms with Crippen molar-refractivity contribution in [2.75, 3.05) is 19.7 Å². The number of piperidine rings is 1. The van der Waals surface area contributed by atoms with Crippen molar-refractivity contribution in [1.29, 1.82) is 0 Å². The van der Waals surface area contributed by atoms with Crippen molar-refractivity contribution in [3.05, 3.63) is 42.5 Å². The van der Waals surface area contributed by atoms with Crippen LogP contribution in [-0.4, -0.2) is 43.1 Å². The predicted octanol–water partition coefficient (Wildman–Crippen LogP) is 2.66.